The zero-order chi connectivity index (χ0) is 19.6. The monoisotopic (exact) mass is 388 g/mol. The Labute approximate surface area is 165 Å². The first-order valence-electron chi connectivity index (χ1n) is 9.20. The van der Waals surface area contributed by atoms with E-state index in [0.717, 1.165) is 23.1 Å². The maximum absolute atomic E-state index is 11.3. The third-order valence-electron chi connectivity index (χ3n) is 4.41. The van der Waals surface area contributed by atoms with Gasteiger partial charge in [-0.3, -0.25) is 4.79 Å². The fraction of sp³-hybridized carbons (Fsp3) is 0.429. The number of aromatic nitrogens is 1. The second-order valence-corrected chi connectivity index (χ2v) is 7.87. The topological polar surface area (TPSA) is 60.5 Å². The van der Waals surface area contributed by atoms with Gasteiger partial charge in [-0.15, -0.1) is 0 Å². The summed E-state index contributed by atoms with van der Waals surface area (Å²) in [6.07, 6.45) is 2.82. The van der Waals surface area contributed by atoms with Crippen molar-refractivity contribution >= 4 is 23.3 Å². The number of anilines is 1. The van der Waals surface area contributed by atoms with Gasteiger partial charge >= 0.3 is 0 Å². The van der Waals surface area contributed by atoms with E-state index in [4.69, 9.17) is 21.1 Å². The molecule has 0 radical (unpaired) electrons. The molecule has 2 aromatic rings. The van der Waals surface area contributed by atoms with Crippen molar-refractivity contribution < 1.29 is 14.3 Å². The molecule has 0 bridgehead atoms. The highest BCUT2D eigenvalue weighted by molar-refractivity contribution is 6.34. The van der Waals surface area contributed by atoms with Crippen molar-refractivity contribution in [2.24, 2.45) is 11.8 Å². The van der Waals surface area contributed by atoms with E-state index in [-0.39, 0.29) is 5.91 Å². The molecule has 1 N–H and O–H groups in total. The average Bonchev–Trinajstić information content (AvgIpc) is 2.60. The third-order valence-corrected chi connectivity index (χ3v) is 4.77. The third kappa shape index (κ3) is 4.53. The first-order valence-corrected chi connectivity index (χ1v) is 9.58. The SMILES string of the molecule is CC(=O)Nc1cc2c(cn1)COc1c-2ccc(OCC(C)CC(C)C)c1Cl. The number of nitrogens with one attached hydrogen (secondary N) is 1. The number of hydrogen-bond acceptors (Lipinski definition) is 4. The maximum atomic E-state index is 11.3. The molecule has 0 fully saturated rings. The molecular weight excluding hydrogens is 364 g/mol. The first-order chi connectivity index (χ1) is 12.8. The van der Waals surface area contributed by atoms with Gasteiger partial charge in [-0.2, -0.15) is 0 Å². The lowest BCUT2D eigenvalue weighted by molar-refractivity contribution is -0.114. The van der Waals surface area contributed by atoms with Gasteiger partial charge in [0.05, 0.1) is 6.61 Å². The molecule has 3 rings (SSSR count). The molecule has 0 saturated heterocycles. The van der Waals surface area contributed by atoms with E-state index < -0.39 is 0 Å². The van der Waals surface area contributed by atoms with Crippen LogP contribution in [0.1, 0.15) is 39.7 Å². The van der Waals surface area contributed by atoms with Crippen LogP contribution in [-0.4, -0.2) is 17.5 Å². The normalized spacial score (nSPS) is 13.4. The fourth-order valence-electron chi connectivity index (χ4n) is 3.36. The lowest BCUT2D eigenvalue weighted by Gasteiger charge is -2.23. The summed E-state index contributed by atoms with van der Waals surface area (Å²) in [6.45, 7) is 9.04. The molecule has 0 spiro atoms. The number of halogens is 1. The minimum absolute atomic E-state index is 0.160. The quantitative estimate of drug-likeness (QED) is 0.728. The second-order valence-electron chi connectivity index (χ2n) is 7.50. The predicted octanol–water partition coefficient (Wildman–Crippen LogP) is 5.31. The van der Waals surface area contributed by atoms with Crippen molar-refractivity contribution in [3.8, 4) is 22.6 Å². The standard InChI is InChI=1S/C21H25ClN2O3/c1-12(2)7-13(3)10-26-18-6-5-16-17-8-19(24-14(4)25)23-9-15(17)11-27-21(16)20(18)22/h5-6,8-9,12-13H,7,10-11H2,1-4H3,(H,23,24,25). The van der Waals surface area contributed by atoms with Crippen molar-refractivity contribution in [1.29, 1.82) is 0 Å². The van der Waals surface area contributed by atoms with Crippen LogP contribution in [0, 0.1) is 11.8 Å². The molecule has 1 unspecified atom stereocenters. The Morgan fingerprint density at radius 1 is 1.33 bits per heavy atom. The Bertz CT molecular complexity index is 852. The van der Waals surface area contributed by atoms with Gasteiger partial charge in [0.15, 0.2) is 0 Å². The highest BCUT2D eigenvalue weighted by Crippen LogP contribution is 2.46. The number of carbonyl (C=O) groups is 1. The van der Waals surface area contributed by atoms with Gasteiger partial charge in [0.25, 0.3) is 0 Å². The minimum atomic E-state index is -0.160. The van der Waals surface area contributed by atoms with Gasteiger partial charge in [-0.05, 0) is 42.0 Å². The molecule has 1 aromatic heterocycles. The molecular formula is C21H25ClN2O3. The minimum Gasteiger partial charge on any atom is -0.492 e. The number of benzene rings is 1. The molecule has 27 heavy (non-hydrogen) atoms. The molecule has 144 valence electrons. The highest BCUT2D eigenvalue weighted by Gasteiger charge is 2.23. The molecule has 2 heterocycles. The summed E-state index contributed by atoms with van der Waals surface area (Å²) in [4.78, 5) is 15.6. The van der Waals surface area contributed by atoms with Gasteiger partial charge in [0.1, 0.15) is 28.9 Å². The molecule has 0 saturated carbocycles. The van der Waals surface area contributed by atoms with Crippen molar-refractivity contribution in [3.63, 3.8) is 0 Å². The number of carbonyl (C=O) groups excluding carboxylic acids is 1. The molecule has 1 aromatic carbocycles. The number of pyridine rings is 1. The summed E-state index contributed by atoms with van der Waals surface area (Å²) < 4.78 is 11.8. The number of ether oxygens (including phenoxy) is 2. The predicted molar refractivity (Wildman–Crippen MR) is 107 cm³/mol. The number of nitrogens with zero attached hydrogens (tertiary/aromatic N) is 1. The lowest BCUT2D eigenvalue weighted by atomic mass is 9.98. The molecule has 6 heteroatoms. The van der Waals surface area contributed by atoms with Crippen LogP contribution in [0.5, 0.6) is 11.5 Å². The molecule has 1 amide bonds. The number of fused-ring (bicyclic) bond motifs is 3. The van der Waals surface area contributed by atoms with E-state index >= 15 is 0 Å². The van der Waals surface area contributed by atoms with Gasteiger partial charge in [-0.25, -0.2) is 4.98 Å². The Kier molecular flexibility index (Phi) is 5.90. The average molecular weight is 389 g/mol. The Balaban J connectivity index is 1.85. The Morgan fingerprint density at radius 2 is 2.11 bits per heavy atom. The zero-order valence-corrected chi connectivity index (χ0v) is 16.9. The molecule has 0 aliphatic carbocycles. The number of hydrogen-bond donors (Lipinski definition) is 1. The van der Waals surface area contributed by atoms with E-state index in [1.54, 1.807) is 6.20 Å². The Morgan fingerprint density at radius 3 is 2.81 bits per heavy atom. The van der Waals surface area contributed by atoms with Crippen LogP contribution in [0.25, 0.3) is 11.1 Å². The molecule has 1 aliphatic heterocycles. The van der Waals surface area contributed by atoms with Gasteiger partial charge in [-0.1, -0.05) is 32.4 Å². The van der Waals surface area contributed by atoms with Crippen LogP contribution in [0.4, 0.5) is 5.82 Å². The van der Waals surface area contributed by atoms with Crippen LogP contribution >= 0.6 is 11.6 Å². The van der Waals surface area contributed by atoms with Crippen molar-refractivity contribution in [2.75, 3.05) is 11.9 Å². The van der Waals surface area contributed by atoms with E-state index in [1.165, 1.54) is 6.92 Å². The summed E-state index contributed by atoms with van der Waals surface area (Å²) in [5, 5.41) is 3.19. The smallest absolute Gasteiger partial charge is 0.222 e. The summed E-state index contributed by atoms with van der Waals surface area (Å²) in [6, 6.07) is 5.67. The van der Waals surface area contributed by atoms with Crippen LogP contribution < -0.4 is 14.8 Å². The summed E-state index contributed by atoms with van der Waals surface area (Å²) in [7, 11) is 0. The van der Waals surface area contributed by atoms with Crippen LogP contribution in [-0.2, 0) is 11.4 Å². The van der Waals surface area contributed by atoms with Gasteiger partial charge in [0, 0.05) is 24.2 Å². The van der Waals surface area contributed by atoms with Crippen molar-refractivity contribution in [2.45, 2.75) is 40.7 Å². The highest BCUT2D eigenvalue weighted by atomic mass is 35.5. The molecule has 1 aliphatic rings. The fourth-order valence-corrected chi connectivity index (χ4v) is 3.63. The van der Waals surface area contributed by atoms with Gasteiger partial charge < -0.3 is 14.8 Å². The molecule has 5 nitrogen and oxygen atoms in total. The maximum Gasteiger partial charge on any atom is 0.222 e. The van der Waals surface area contributed by atoms with E-state index in [0.29, 0.717) is 47.4 Å². The Hall–Kier alpha value is -2.27. The summed E-state index contributed by atoms with van der Waals surface area (Å²) in [5.74, 6) is 2.67. The number of rotatable bonds is 6. The zero-order valence-electron chi connectivity index (χ0n) is 16.1. The largest absolute Gasteiger partial charge is 0.492 e. The first kappa shape index (κ1) is 19.5. The van der Waals surface area contributed by atoms with Crippen LogP contribution in [0.15, 0.2) is 24.4 Å². The summed E-state index contributed by atoms with van der Waals surface area (Å²) >= 11 is 6.57. The van der Waals surface area contributed by atoms with E-state index in [9.17, 15) is 4.79 Å². The van der Waals surface area contributed by atoms with E-state index in [1.807, 2.05) is 18.2 Å². The lowest BCUT2D eigenvalue weighted by Crippen LogP contribution is -2.13. The van der Waals surface area contributed by atoms with E-state index in [2.05, 4.69) is 31.1 Å². The van der Waals surface area contributed by atoms with Gasteiger partial charge in [0.2, 0.25) is 5.91 Å². The van der Waals surface area contributed by atoms with Crippen LogP contribution in [0.3, 0.4) is 0 Å². The second kappa shape index (κ2) is 8.17. The number of amides is 1. The van der Waals surface area contributed by atoms with Crippen LogP contribution in [0.2, 0.25) is 5.02 Å². The van der Waals surface area contributed by atoms with Crippen molar-refractivity contribution in [3.05, 3.63) is 35.0 Å². The molecule has 1 atom stereocenters. The van der Waals surface area contributed by atoms with Crippen molar-refractivity contribution in [1.82, 2.24) is 4.98 Å². The summed E-state index contributed by atoms with van der Waals surface area (Å²) in [5.41, 5.74) is 2.78.